The van der Waals surface area contributed by atoms with Crippen molar-refractivity contribution in [1.82, 2.24) is 0 Å². The van der Waals surface area contributed by atoms with Gasteiger partial charge >= 0.3 is 7.12 Å². The van der Waals surface area contributed by atoms with Crippen molar-refractivity contribution in [2.24, 2.45) is 0 Å². The molecule has 0 aliphatic carbocycles. The van der Waals surface area contributed by atoms with Crippen LogP contribution in [0.5, 0.6) is 0 Å². The molecule has 1 aromatic carbocycles. The molecule has 1 aromatic rings. The van der Waals surface area contributed by atoms with Crippen molar-refractivity contribution in [3.8, 4) is 0 Å². The average molecular weight is 268 g/mol. The Morgan fingerprint density at radius 3 is 2.11 bits per heavy atom. The van der Waals surface area contributed by atoms with Crippen molar-refractivity contribution in [3.05, 3.63) is 29.3 Å². The first kappa shape index (κ1) is 14.2. The molecule has 0 unspecified atom stereocenters. The van der Waals surface area contributed by atoms with E-state index in [0.717, 1.165) is 6.07 Å². The van der Waals surface area contributed by atoms with Gasteiger partial charge < -0.3 is 9.31 Å². The molecule has 102 valence electrons. The van der Waals surface area contributed by atoms with Crippen LogP contribution in [-0.4, -0.2) is 24.6 Å². The van der Waals surface area contributed by atoms with Gasteiger partial charge in [0.15, 0.2) is 11.6 Å². The van der Waals surface area contributed by atoms with E-state index in [9.17, 15) is 13.6 Å². The lowest BCUT2D eigenvalue weighted by molar-refractivity contribution is 0.00578. The number of halogens is 2. The van der Waals surface area contributed by atoms with E-state index in [1.165, 1.54) is 6.07 Å². The van der Waals surface area contributed by atoms with Crippen LogP contribution in [0.25, 0.3) is 0 Å². The Hall–Kier alpha value is -1.27. The van der Waals surface area contributed by atoms with Gasteiger partial charge in [-0.25, -0.2) is 8.78 Å². The van der Waals surface area contributed by atoms with Crippen LogP contribution in [0.1, 0.15) is 38.1 Å². The molecular formula is C13H15BF2O3. The molecule has 6 heteroatoms. The van der Waals surface area contributed by atoms with Gasteiger partial charge in [-0.2, -0.15) is 0 Å². The fourth-order valence-electron chi connectivity index (χ4n) is 1.88. The summed E-state index contributed by atoms with van der Waals surface area (Å²) in [7, 11) is -1.10. The summed E-state index contributed by atoms with van der Waals surface area (Å²) in [6.45, 7) is 7.19. The van der Waals surface area contributed by atoms with E-state index < -0.39 is 30.0 Å². The molecule has 1 fully saturated rings. The lowest BCUT2D eigenvalue weighted by atomic mass is 9.75. The van der Waals surface area contributed by atoms with Gasteiger partial charge in [-0.1, -0.05) is 0 Å². The van der Waals surface area contributed by atoms with E-state index in [1.54, 1.807) is 27.7 Å². The Bertz CT molecular complexity index is 513. The molecule has 0 atom stereocenters. The van der Waals surface area contributed by atoms with E-state index in [-0.39, 0.29) is 11.0 Å². The minimum atomic E-state index is -1.11. The van der Waals surface area contributed by atoms with Crippen molar-refractivity contribution in [1.29, 1.82) is 0 Å². The fraction of sp³-hybridized carbons (Fsp3) is 0.462. The molecule has 2 rings (SSSR count). The summed E-state index contributed by atoms with van der Waals surface area (Å²) in [6.07, 6.45) is 0.461. The van der Waals surface area contributed by atoms with Gasteiger partial charge in [-0.3, -0.25) is 4.79 Å². The van der Waals surface area contributed by atoms with Crippen LogP contribution in [0.2, 0.25) is 0 Å². The highest BCUT2D eigenvalue weighted by Gasteiger charge is 2.53. The van der Waals surface area contributed by atoms with E-state index in [4.69, 9.17) is 9.31 Å². The number of aldehydes is 1. The molecule has 1 heterocycles. The number of hydrogen-bond acceptors (Lipinski definition) is 3. The molecule has 0 saturated carbocycles. The third-order valence-electron chi connectivity index (χ3n) is 3.78. The van der Waals surface area contributed by atoms with Gasteiger partial charge in [-0.15, -0.1) is 0 Å². The topological polar surface area (TPSA) is 35.5 Å². The summed E-state index contributed by atoms with van der Waals surface area (Å²) in [5.74, 6) is -2.14. The molecular weight excluding hydrogens is 253 g/mol. The first-order chi connectivity index (χ1) is 8.69. The number of benzene rings is 1. The predicted molar refractivity (Wildman–Crippen MR) is 67.5 cm³/mol. The summed E-state index contributed by atoms with van der Waals surface area (Å²) in [4.78, 5) is 11.0. The Kier molecular flexibility index (Phi) is 3.27. The van der Waals surface area contributed by atoms with Crippen LogP contribution in [-0.2, 0) is 9.31 Å². The van der Waals surface area contributed by atoms with Gasteiger partial charge in [0, 0.05) is 11.0 Å². The van der Waals surface area contributed by atoms with E-state index in [1.807, 2.05) is 0 Å². The van der Waals surface area contributed by atoms with Crippen molar-refractivity contribution in [3.63, 3.8) is 0 Å². The maximum absolute atomic E-state index is 13.9. The summed E-state index contributed by atoms with van der Waals surface area (Å²) in [5.41, 5.74) is -1.53. The van der Waals surface area contributed by atoms with Gasteiger partial charge in [0.1, 0.15) is 6.29 Å². The molecule has 0 amide bonds. The second kappa shape index (κ2) is 4.39. The Balaban J connectivity index is 2.50. The molecule has 0 bridgehead atoms. The summed E-state index contributed by atoms with van der Waals surface area (Å²) >= 11 is 0. The van der Waals surface area contributed by atoms with Crippen LogP contribution in [0.15, 0.2) is 12.1 Å². The monoisotopic (exact) mass is 268 g/mol. The summed E-state index contributed by atoms with van der Waals surface area (Å²) in [6, 6.07) is 2.12. The molecule has 1 aliphatic heterocycles. The molecule has 0 spiro atoms. The fourth-order valence-corrected chi connectivity index (χ4v) is 1.88. The zero-order chi connectivity index (χ0) is 14.4. The maximum atomic E-state index is 13.9. The van der Waals surface area contributed by atoms with Crippen molar-refractivity contribution in [2.45, 2.75) is 38.9 Å². The van der Waals surface area contributed by atoms with Crippen molar-refractivity contribution < 1.29 is 22.9 Å². The number of rotatable bonds is 2. The molecule has 19 heavy (non-hydrogen) atoms. The highest BCUT2D eigenvalue weighted by Crippen LogP contribution is 2.36. The normalized spacial score (nSPS) is 20.6. The van der Waals surface area contributed by atoms with E-state index in [2.05, 4.69) is 0 Å². The lowest BCUT2D eigenvalue weighted by Gasteiger charge is -2.32. The third-order valence-corrected chi connectivity index (χ3v) is 3.78. The van der Waals surface area contributed by atoms with Gasteiger partial charge in [0.25, 0.3) is 0 Å². The van der Waals surface area contributed by atoms with Crippen LogP contribution in [0, 0.1) is 11.6 Å². The number of hydrogen-bond donors (Lipinski definition) is 0. The lowest BCUT2D eigenvalue weighted by Crippen LogP contribution is -2.41. The number of carbonyl (C=O) groups is 1. The van der Waals surface area contributed by atoms with Gasteiger partial charge in [0.2, 0.25) is 0 Å². The molecule has 1 aliphatic rings. The third kappa shape index (κ3) is 2.19. The van der Waals surface area contributed by atoms with Gasteiger partial charge in [0.05, 0.1) is 11.2 Å². The Morgan fingerprint density at radius 2 is 1.63 bits per heavy atom. The first-order valence-corrected chi connectivity index (χ1v) is 5.98. The Labute approximate surface area is 111 Å². The van der Waals surface area contributed by atoms with Crippen LogP contribution >= 0.6 is 0 Å². The second-order valence-corrected chi connectivity index (χ2v) is 5.57. The minimum Gasteiger partial charge on any atom is -0.399 e. The molecule has 1 saturated heterocycles. The van der Waals surface area contributed by atoms with Crippen LogP contribution in [0.3, 0.4) is 0 Å². The van der Waals surface area contributed by atoms with Crippen molar-refractivity contribution >= 4 is 18.9 Å². The van der Waals surface area contributed by atoms with Crippen molar-refractivity contribution in [2.75, 3.05) is 0 Å². The van der Waals surface area contributed by atoms with E-state index >= 15 is 0 Å². The SMILES string of the molecule is CC1(C)OB(c2c(C=O)ccc(F)c2F)OC1(C)C. The van der Waals surface area contributed by atoms with Crippen LogP contribution in [0.4, 0.5) is 8.78 Å². The number of carbonyl (C=O) groups excluding carboxylic acids is 1. The molecule has 0 N–H and O–H groups in total. The van der Waals surface area contributed by atoms with Gasteiger partial charge in [-0.05, 0) is 39.8 Å². The second-order valence-electron chi connectivity index (χ2n) is 5.57. The largest absolute Gasteiger partial charge is 0.498 e. The summed E-state index contributed by atoms with van der Waals surface area (Å²) < 4.78 is 38.5. The highest BCUT2D eigenvalue weighted by atomic mass is 19.2. The standard InChI is InChI=1S/C13H15BF2O3/c1-12(2)13(3,4)19-14(18-12)10-8(7-17)5-6-9(15)11(10)16/h5-7H,1-4H3. The first-order valence-electron chi connectivity index (χ1n) is 5.98. The van der Waals surface area contributed by atoms with Crippen LogP contribution < -0.4 is 5.46 Å². The molecule has 0 aromatic heterocycles. The zero-order valence-electron chi connectivity index (χ0n) is 11.3. The molecule has 0 radical (unpaired) electrons. The predicted octanol–water partition coefficient (Wildman–Crippen LogP) is 2.08. The quantitative estimate of drug-likeness (QED) is 0.608. The van der Waals surface area contributed by atoms with E-state index in [0.29, 0.717) is 6.29 Å². The Morgan fingerprint density at radius 1 is 1.11 bits per heavy atom. The molecule has 3 nitrogen and oxygen atoms in total. The average Bonchev–Trinajstić information content (AvgIpc) is 2.51. The smallest absolute Gasteiger partial charge is 0.399 e. The maximum Gasteiger partial charge on any atom is 0.498 e. The zero-order valence-corrected chi connectivity index (χ0v) is 11.3. The highest BCUT2D eigenvalue weighted by molar-refractivity contribution is 6.63. The summed E-state index contributed by atoms with van der Waals surface area (Å²) in [5, 5.41) is 0. The minimum absolute atomic E-state index is 0.0254.